The fraction of sp³-hybridized carbons (Fsp3) is 0.667. The molecular formula is C21H36O3Si. The van der Waals surface area contributed by atoms with Crippen molar-refractivity contribution in [3.63, 3.8) is 0 Å². The second-order valence-electron chi connectivity index (χ2n) is 8.28. The first-order valence-corrected chi connectivity index (χ1v) is 12.5. The number of hydrogen-bond donors (Lipinski definition) is 0. The molecule has 0 amide bonds. The number of carbonyl (C=O) groups excluding carboxylic acids is 1. The van der Waals surface area contributed by atoms with Crippen LogP contribution in [0, 0.1) is 0 Å². The van der Waals surface area contributed by atoms with Gasteiger partial charge >= 0.3 is 5.97 Å². The van der Waals surface area contributed by atoms with Crippen molar-refractivity contribution < 1.29 is 14.0 Å². The van der Waals surface area contributed by atoms with Crippen molar-refractivity contribution in [3.05, 3.63) is 35.9 Å². The van der Waals surface area contributed by atoms with Gasteiger partial charge in [0.25, 0.3) is 0 Å². The quantitative estimate of drug-likeness (QED) is 0.204. The maximum absolute atomic E-state index is 12.4. The van der Waals surface area contributed by atoms with E-state index in [1.807, 2.05) is 18.2 Å². The van der Waals surface area contributed by atoms with E-state index in [2.05, 4.69) is 40.8 Å². The zero-order chi connectivity index (χ0) is 18.9. The molecule has 1 unspecified atom stereocenters. The van der Waals surface area contributed by atoms with E-state index < -0.39 is 14.6 Å². The lowest BCUT2D eigenvalue weighted by atomic mass is 10.1. The molecule has 0 aliphatic rings. The highest BCUT2D eigenvalue weighted by atomic mass is 28.4. The Kier molecular flexibility index (Phi) is 8.87. The standard InChI is InChI=1S/C21H36O3Si/c1-7-8-9-10-14-17-19(24-25(5,6)21(2,3)4)23-20(22)18-15-12-11-13-16-18/h11-13,15-16,19H,7-10,14,17H2,1-6H3. The van der Waals surface area contributed by atoms with Crippen molar-refractivity contribution in [2.45, 2.75) is 90.6 Å². The van der Waals surface area contributed by atoms with Gasteiger partial charge in [0.05, 0.1) is 5.56 Å². The summed E-state index contributed by atoms with van der Waals surface area (Å²) in [5, 5.41) is 0.0899. The first-order valence-electron chi connectivity index (χ1n) is 9.61. The molecule has 1 rings (SSSR count). The van der Waals surface area contributed by atoms with Crippen LogP contribution in [0.1, 0.15) is 76.6 Å². The van der Waals surface area contributed by atoms with Crippen molar-refractivity contribution in [2.24, 2.45) is 0 Å². The van der Waals surface area contributed by atoms with Gasteiger partial charge < -0.3 is 9.16 Å². The van der Waals surface area contributed by atoms with E-state index in [0.29, 0.717) is 5.56 Å². The molecule has 1 atom stereocenters. The third-order valence-corrected chi connectivity index (χ3v) is 9.49. The molecule has 0 radical (unpaired) electrons. The lowest BCUT2D eigenvalue weighted by molar-refractivity contribution is -0.0607. The molecule has 0 heterocycles. The summed E-state index contributed by atoms with van der Waals surface area (Å²) < 4.78 is 12.1. The predicted molar refractivity (Wildman–Crippen MR) is 107 cm³/mol. The van der Waals surface area contributed by atoms with Crippen LogP contribution in [-0.2, 0) is 9.16 Å². The lowest BCUT2D eigenvalue weighted by Gasteiger charge is -2.38. The van der Waals surface area contributed by atoms with Crippen molar-refractivity contribution >= 4 is 14.3 Å². The minimum Gasteiger partial charge on any atom is -0.433 e. The monoisotopic (exact) mass is 364 g/mol. The topological polar surface area (TPSA) is 35.5 Å². The van der Waals surface area contributed by atoms with E-state index in [-0.39, 0.29) is 11.0 Å². The van der Waals surface area contributed by atoms with Crippen LogP contribution in [0.25, 0.3) is 0 Å². The maximum Gasteiger partial charge on any atom is 0.340 e. The number of esters is 1. The van der Waals surface area contributed by atoms with Crippen molar-refractivity contribution in [1.29, 1.82) is 0 Å². The number of unbranched alkanes of at least 4 members (excludes halogenated alkanes) is 4. The second-order valence-corrected chi connectivity index (χ2v) is 13.0. The molecule has 0 aromatic heterocycles. The molecule has 142 valence electrons. The van der Waals surface area contributed by atoms with E-state index in [0.717, 1.165) is 19.3 Å². The Morgan fingerprint density at radius 3 is 2.20 bits per heavy atom. The highest BCUT2D eigenvalue weighted by Crippen LogP contribution is 2.38. The second kappa shape index (κ2) is 10.1. The van der Waals surface area contributed by atoms with E-state index in [4.69, 9.17) is 9.16 Å². The third kappa shape index (κ3) is 7.74. The fourth-order valence-corrected chi connectivity index (χ4v) is 3.50. The summed E-state index contributed by atoms with van der Waals surface area (Å²) >= 11 is 0. The molecule has 0 saturated carbocycles. The molecule has 4 heteroatoms. The average Bonchev–Trinajstić information content (AvgIpc) is 2.54. The van der Waals surface area contributed by atoms with Crippen molar-refractivity contribution in [1.82, 2.24) is 0 Å². The maximum atomic E-state index is 12.4. The minimum absolute atomic E-state index is 0.0899. The molecule has 25 heavy (non-hydrogen) atoms. The summed E-state index contributed by atoms with van der Waals surface area (Å²) in [5.41, 5.74) is 0.581. The van der Waals surface area contributed by atoms with Crippen LogP contribution < -0.4 is 0 Å². The summed E-state index contributed by atoms with van der Waals surface area (Å²) in [6, 6.07) is 9.17. The van der Waals surface area contributed by atoms with E-state index in [1.54, 1.807) is 12.1 Å². The van der Waals surface area contributed by atoms with E-state index >= 15 is 0 Å². The molecular weight excluding hydrogens is 328 g/mol. The van der Waals surface area contributed by atoms with Gasteiger partial charge in [-0.3, -0.25) is 0 Å². The Hall–Kier alpha value is -1.13. The lowest BCUT2D eigenvalue weighted by Crippen LogP contribution is -2.45. The molecule has 0 fully saturated rings. The largest absolute Gasteiger partial charge is 0.433 e. The molecule has 3 nitrogen and oxygen atoms in total. The Balaban J connectivity index is 2.71. The SMILES string of the molecule is CCCCCCCC(OC(=O)c1ccccc1)O[Si](C)(C)C(C)(C)C. The number of ether oxygens (including phenoxy) is 1. The average molecular weight is 365 g/mol. The predicted octanol–water partition coefficient (Wildman–Crippen LogP) is 6.55. The van der Waals surface area contributed by atoms with Gasteiger partial charge in [0.2, 0.25) is 0 Å². The molecule has 0 saturated heterocycles. The number of carbonyl (C=O) groups is 1. The van der Waals surface area contributed by atoms with Gasteiger partial charge in [-0.05, 0) is 36.7 Å². The molecule has 1 aromatic carbocycles. The van der Waals surface area contributed by atoms with Crippen molar-refractivity contribution in [2.75, 3.05) is 0 Å². The van der Waals surface area contributed by atoms with Gasteiger partial charge in [-0.15, -0.1) is 0 Å². The van der Waals surface area contributed by atoms with Crippen LogP contribution in [0.3, 0.4) is 0 Å². The molecule has 0 N–H and O–H groups in total. The van der Waals surface area contributed by atoms with Gasteiger partial charge in [-0.2, -0.15) is 0 Å². The van der Waals surface area contributed by atoms with E-state index in [9.17, 15) is 4.79 Å². The van der Waals surface area contributed by atoms with Crippen LogP contribution in [0.4, 0.5) is 0 Å². The highest BCUT2D eigenvalue weighted by molar-refractivity contribution is 6.74. The first-order chi connectivity index (χ1) is 11.7. The summed E-state index contributed by atoms with van der Waals surface area (Å²) in [5.74, 6) is -0.294. The molecule has 0 aliphatic carbocycles. The number of rotatable bonds is 10. The Morgan fingerprint density at radius 1 is 1.04 bits per heavy atom. The summed E-state index contributed by atoms with van der Waals surface area (Å²) in [4.78, 5) is 12.4. The van der Waals surface area contributed by atoms with Gasteiger partial charge in [-0.1, -0.05) is 71.6 Å². The van der Waals surface area contributed by atoms with E-state index in [1.165, 1.54) is 19.3 Å². The van der Waals surface area contributed by atoms with Crippen LogP contribution >= 0.6 is 0 Å². The Morgan fingerprint density at radius 2 is 1.64 bits per heavy atom. The Labute approximate surface area is 155 Å². The van der Waals surface area contributed by atoms with Crippen LogP contribution in [0.2, 0.25) is 18.1 Å². The van der Waals surface area contributed by atoms with Crippen molar-refractivity contribution in [3.8, 4) is 0 Å². The normalized spacial score (nSPS) is 13.5. The van der Waals surface area contributed by atoms with Crippen LogP contribution in [-0.4, -0.2) is 20.6 Å². The van der Waals surface area contributed by atoms with Gasteiger partial charge in [-0.25, -0.2) is 4.79 Å². The summed E-state index contributed by atoms with van der Waals surface area (Å²) in [6.07, 6.45) is 6.24. The number of hydrogen-bond acceptors (Lipinski definition) is 3. The molecule has 1 aromatic rings. The fourth-order valence-electron chi connectivity index (χ4n) is 2.32. The first kappa shape index (κ1) is 21.9. The van der Waals surface area contributed by atoms with Crippen LogP contribution in [0.15, 0.2) is 30.3 Å². The molecule has 0 spiro atoms. The van der Waals surface area contributed by atoms with Gasteiger partial charge in [0.15, 0.2) is 14.6 Å². The Bertz CT molecular complexity index is 506. The molecule has 0 bridgehead atoms. The third-order valence-electron chi connectivity index (χ3n) is 5.02. The van der Waals surface area contributed by atoms with Crippen LogP contribution in [0.5, 0.6) is 0 Å². The van der Waals surface area contributed by atoms with Gasteiger partial charge in [0, 0.05) is 6.42 Å². The summed E-state index contributed by atoms with van der Waals surface area (Å²) in [6.45, 7) is 13.2. The number of benzene rings is 1. The molecule has 0 aliphatic heterocycles. The highest BCUT2D eigenvalue weighted by Gasteiger charge is 2.40. The minimum atomic E-state index is -1.99. The zero-order valence-corrected chi connectivity index (χ0v) is 17.9. The summed E-state index contributed by atoms with van der Waals surface area (Å²) in [7, 11) is -1.99. The smallest absolute Gasteiger partial charge is 0.340 e. The van der Waals surface area contributed by atoms with Gasteiger partial charge in [0.1, 0.15) is 0 Å². The zero-order valence-electron chi connectivity index (χ0n) is 16.9.